The molecule has 2 rings (SSSR count). The summed E-state index contributed by atoms with van der Waals surface area (Å²) in [5.74, 6) is 0.673. The Hall–Kier alpha value is -1.39. The molecule has 3 nitrogen and oxygen atoms in total. The fourth-order valence-corrected chi connectivity index (χ4v) is 2.31. The molecule has 0 aliphatic carbocycles. The molecule has 0 fully saturated rings. The maximum absolute atomic E-state index is 4.45. The molecule has 2 aromatic rings. The molecule has 2 heterocycles. The molecule has 0 unspecified atom stereocenters. The summed E-state index contributed by atoms with van der Waals surface area (Å²) in [6.07, 6.45) is 3.73. The minimum atomic E-state index is 0.673. The van der Waals surface area contributed by atoms with Crippen LogP contribution in [0, 0.1) is 5.92 Å². The number of pyridine rings is 2. The van der Waals surface area contributed by atoms with Crippen LogP contribution in [0.25, 0.3) is 0 Å². The molecular weight excluding hydrogens is 254 g/mol. The van der Waals surface area contributed by atoms with E-state index in [4.69, 9.17) is 0 Å². The van der Waals surface area contributed by atoms with Crippen molar-refractivity contribution in [2.45, 2.75) is 30.4 Å². The number of aromatic nitrogens is 2. The zero-order valence-electron chi connectivity index (χ0n) is 11.3. The van der Waals surface area contributed by atoms with Gasteiger partial charge >= 0.3 is 0 Å². The number of nitrogens with one attached hydrogen (secondary N) is 1. The monoisotopic (exact) mass is 273 g/mol. The molecule has 0 spiro atoms. The highest BCUT2D eigenvalue weighted by molar-refractivity contribution is 7.99. The van der Waals surface area contributed by atoms with Crippen molar-refractivity contribution in [3.63, 3.8) is 0 Å². The summed E-state index contributed by atoms with van der Waals surface area (Å²) in [7, 11) is 0. The maximum atomic E-state index is 4.45. The number of rotatable bonds is 6. The molecule has 0 aliphatic heterocycles. The molecule has 100 valence electrons. The quantitative estimate of drug-likeness (QED) is 0.875. The number of hydrogen-bond acceptors (Lipinski definition) is 4. The Labute approximate surface area is 118 Å². The molecule has 1 N–H and O–H groups in total. The van der Waals surface area contributed by atoms with E-state index < -0.39 is 0 Å². The summed E-state index contributed by atoms with van der Waals surface area (Å²) in [5, 5.41) is 5.36. The summed E-state index contributed by atoms with van der Waals surface area (Å²) < 4.78 is 0. The minimum Gasteiger partial charge on any atom is -0.312 e. The Morgan fingerprint density at radius 1 is 1.11 bits per heavy atom. The van der Waals surface area contributed by atoms with Gasteiger partial charge in [0, 0.05) is 18.9 Å². The van der Waals surface area contributed by atoms with Gasteiger partial charge in [0.25, 0.3) is 0 Å². The molecule has 0 aromatic carbocycles. The normalized spacial score (nSPS) is 10.9. The molecule has 19 heavy (non-hydrogen) atoms. The van der Waals surface area contributed by atoms with Crippen LogP contribution in [0.15, 0.2) is 52.8 Å². The third-order valence-corrected chi connectivity index (χ3v) is 3.43. The Kier molecular flexibility index (Phi) is 5.36. The van der Waals surface area contributed by atoms with E-state index in [1.165, 1.54) is 5.56 Å². The molecule has 0 saturated carbocycles. The van der Waals surface area contributed by atoms with Crippen molar-refractivity contribution >= 4 is 11.8 Å². The van der Waals surface area contributed by atoms with Crippen LogP contribution in [-0.2, 0) is 6.54 Å². The van der Waals surface area contributed by atoms with Gasteiger partial charge in [0.05, 0.1) is 0 Å². The summed E-state index contributed by atoms with van der Waals surface area (Å²) >= 11 is 1.58. The molecule has 0 bridgehead atoms. The van der Waals surface area contributed by atoms with Gasteiger partial charge in [0.1, 0.15) is 10.1 Å². The van der Waals surface area contributed by atoms with Gasteiger partial charge in [-0.1, -0.05) is 37.7 Å². The highest BCUT2D eigenvalue weighted by Crippen LogP contribution is 2.23. The molecule has 2 aromatic heterocycles. The average Bonchev–Trinajstić information content (AvgIpc) is 2.42. The fraction of sp³-hybridized carbons (Fsp3) is 0.333. The van der Waals surface area contributed by atoms with Gasteiger partial charge in [-0.05, 0) is 36.2 Å². The largest absolute Gasteiger partial charge is 0.312 e. The average molecular weight is 273 g/mol. The first-order chi connectivity index (χ1) is 9.24. The first-order valence-corrected chi connectivity index (χ1v) is 7.30. The smallest absolute Gasteiger partial charge is 0.102 e. The lowest BCUT2D eigenvalue weighted by atomic mass is 10.2. The van der Waals surface area contributed by atoms with E-state index in [0.29, 0.717) is 5.92 Å². The first kappa shape index (κ1) is 14.0. The highest BCUT2D eigenvalue weighted by atomic mass is 32.2. The topological polar surface area (TPSA) is 37.8 Å². The van der Waals surface area contributed by atoms with Gasteiger partial charge in [-0.3, -0.25) is 0 Å². The fourth-order valence-electron chi connectivity index (χ4n) is 1.60. The predicted octanol–water partition coefficient (Wildman–Crippen LogP) is 3.37. The van der Waals surface area contributed by atoms with Gasteiger partial charge in [-0.2, -0.15) is 0 Å². The van der Waals surface area contributed by atoms with Gasteiger partial charge in [-0.25, -0.2) is 9.97 Å². The lowest BCUT2D eigenvalue weighted by Crippen LogP contribution is -2.18. The Bertz CT molecular complexity index is 483. The molecule has 4 heteroatoms. The van der Waals surface area contributed by atoms with Gasteiger partial charge in [0.15, 0.2) is 0 Å². The van der Waals surface area contributed by atoms with Crippen LogP contribution >= 0.6 is 11.8 Å². The van der Waals surface area contributed by atoms with Crippen molar-refractivity contribution in [1.82, 2.24) is 15.3 Å². The van der Waals surface area contributed by atoms with E-state index in [9.17, 15) is 0 Å². The molecule has 0 atom stereocenters. The van der Waals surface area contributed by atoms with Crippen LogP contribution in [0.2, 0.25) is 0 Å². The third kappa shape index (κ3) is 5.01. The van der Waals surface area contributed by atoms with Crippen molar-refractivity contribution in [1.29, 1.82) is 0 Å². The summed E-state index contributed by atoms with van der Waals surface area (Å²) in [6, 6.07) is 10.1. The van der Waals surface area contributed by atoms with Crippen LogP contribution in [0.1, 0.15) is 19.4 Å². The van der Waals surface area contributed by atoms with Crippen LogP contribution < -0.4 is 5.32 Å². The Morgan fingerprint density at radius 2 is 1.95 bits per heavy atom. The molecule has 0 radical (unpaired) electrons. The molecule has 0 saturated heterocycles. The van der Waals surface area contributed by atoms with E-state index in [1.807, 2.05) is 30.5 Å². The van der Waals surface area contributed by atoms with Crippen LogP contribution in [0.3, 0.4) is 0 Å². The van der Waals surface area contributed by atoms with Gasteiger partial charge in [-0.15, -0.1) is 0 Å². The Balaban J connectivity index is 1.88. The zero-order chi connectivity index (χ0) is 13.5. The van der Waals surface area contributed by atoms with Crippen molar-refractivity contribution in [2.24, 2.45) is 5.92 Å². The summed E-state index contributed by atoms with van der Waals surface area (Å²) in [4.78, 5) is 8.73. The summed E-state index contributed by atoms with van der Waals surface area (Å²) in [5.41, 5.74) is 1.21. The highest BCUT2D eigenvalue weighted by Gasteiger charge is 2.00. The first-order valence-electron chi connectivity index (χ1n) is 6.48. The second-order valence-corrected chi connectivity index (χ2v) is 5.84. The molecular formula is C15H19N3S. The second kappa shape index (κ2) is 7.26. The van der Waals surface area contributed by atoms with E-state index in [0.717, 1.165) is 23.1 Å². The van der Waals surface area contributed by atoms with E-state index in [1.54, 1.807) is 18.0 Å². The van der Waals surface area contributed by atoms with Crippen molar-refractivity contribution in [3.05, 3.63) is 48.3 Å². The van der Waals surface area contributed by atoms with Crippen molar-refractivity contribution < 1.29 is 0 Å². The van der Waals surface area contributed by atoms with Gasteiger partial charge in [0.2, 0.25) is 0 Å². The van der Waals surface area contributed by atoms with E-state index in [2.05, 4.69) is 35.2 Å². The summed E-state index contributed by atoms with van der Waals surface area (Å²) in [6.45, 7) is 6.32. The second-order valence-electron chi connectivity index (χ2n) is 4.80. The zero-order valence-corrected chi connectivity index (χ0v) is 12.2. The lowest BCUT2D eigenvalue weighted by molar-refractivity contribution is 0.551. The van der Waals surface area contributed by atoms with E-state index in [-0.39, 0.29) is 0 Å². The number of nitrogens with zero attached hydrogens (tertiary/aromatic N) is 2. The van der Waals surface area contributed by atoms with Crippen molar-refractivity contribution in [2.75, 3.05) is 6.54 Å². The van der Waals surface area contributed by atoms with Crippen LogP contribution in [0.5, 0.6) is 0 Å². The molecule has 0 amide bonds. The minimum absolute atomic E-state index is 0.673. The van der Waals surface area contributed by atoms with E-state index >= 15 is 0 Å². The maximum Gasteiger partial charge on any atom is 0.102 e. The van der Waals surface area contributed by atoms with Gasteiger partial charge < -0.3 is 5.32 Å². The Morgan fingerprint density at radius 3 is 2.58 bits per heavy atom. The third-order valence-electron chi connectivity index (χ3n) is 2.53. The molecule has 0 aliphatic rings. The van der Waals surface area contributed by atoms with Crippen molar-refractivity contribution in [3.8, 4) is 0 Å². The van der Waals surface area contributed by atoms with Crippen LogP contribution in [0.4, 0.5) is 0 Å². The number of hydrogen-bond donors (Lipinski definition) is 1. The standard InChI is InChI=1S/C15H19N3S/c1-12(2)9-16-10-13-6-7-15(18-11-13)19-14-5-3-4-8-17-14/h3-8,11-12,16H,9-10H2,1-2H3. The lowest BCUT2D eigenvalue weighted by Gasteiger charge is -2.07. The SMILES string of the molecule is CC(C)CNCc1ccc(Sc2ccccn2)nc1. The predicted molar refractivity (Wildman–Crippen MR) is 79.1 cm³/mol. The van der Waals surface area contributed by atoms with Crippen LogP contribution in [-0.4, -0.2) is 16.5 Å².